The number of imide groups is 1. The Morgan fingerprint density at radius 2 is 1.89 bits per heavy atom. The molecular formula is C26H28F2N2O8. The van der Waals surface area contributed by atoms with Gasteiger partial charge in [-0.3, -0.25) is 9.59 Å². The Hall–Kier alpha value is -3.19. The number of furan rings is 1. The highest BCUT2D eigenvalue weighted by molar-refractivity contribution is 6.22. The molecule has 0 radical (unpaired) electrons. The van der Waals surface area contributed by atoms with Crippen LogP contribution in [0.1, 0.15) is 25.0 Å². The van der Waals surface area contributed by atoms with Gasteiger partial charge >= 0.3 is 0 Å². The second kappa shape index (κ2) is 10.9. The highest BCUT2D eigenvalue weighted by atomic mass is 19.1. The second-order valence-corrected chi connectivity index (χ2v) is 9.89. The minimum absolute atomic E-state index is 0.0107. The first-order valence-electron chi connectivity index (χ1n) is 12.4. The van der Waals surface area contributed by atoms with Gasteiger partial charge in [-0.05, 0) is 37.1 Å². The van der Waals surface area contributed by atoms with Crippen molar-refractivity contribution in [1.29, 1.82) is 0 Å². The van der Waals surface area contributed by atoms with Gasteiger partial charge in [0, 0.05) is 24.3 Å². The third-order valence-corrected chi connectivity index (χ3v) is 7.51. The van der Waals surface area contributed by atoms with Crippen molar-refractivity contribution in [2.75, 3.05) is 18.1 Å². The summed E-state index contributed by atoms with van der Waals surface area (Å²) in [5.41, 5.74) is 0.0558. The van der Waals surface area contributed by atoms with Crippen LogP contribution in [0, 0.1) is 35.3 Å². The van der Waals surface area contributed by atoms with E-state index in [0.29, 0.717) is 28.9 Å². The van der Waals surface area contributed by atoms with Gasteiger partial charge in [0.2, 0.25) is 11.8 Å². The van der Waals surface area contributed by atoms with Gasteiger partial charge in [0.15, 0.2) is 0 Å². The van der Waals surface area contributed by atoms with Crippen LogP contribution in [0.2, 0.25) is 0 Å². The molecule has 2 aliphatic carbocycles. The summed E-state index contributed by atoms with van der Waals surface area (Å²) in [5.74, 6) is -5.78. The molecule has 204 valence electrons. The molecule has 1 aliphatic heterocycles. The topological polar surface area (TPSA) is 142 Å². The Bertz CT molecular complexity index is 1210. The number of nitrogens with zero attached hydrogens (tertiary/aromatic N) is 2. The molecule has 2 amide bonds. The Labute approximate surface area is 216 Å². The third kappa shape index (κ3) is 4.96. The lowest BCUT2D eigenvalue weighted by atomic mass is 9.60. The van der Waals surface area contributed by atoms with Crippen molar-refractivity contribution < 1.29 is 47.7 Å². The molecule has 5 rings (SSSR count). The van der Waals surface area contributed by atoms with E-state index in [1.807, 2.05) is 0 Å². The van der Waals surface area contributed by atoms with Gasteiger partial charge < -0.3 is 29.3 Å². The van der Waals surface area contributed by atoms with E-state index in [2.05, 4.69) is 5.16 Å². The molecule has 0 bridgehead atoms. The van der Waals surface area contributed by atoms with Gasteiger partial charge in [-0.25, -0.2) is 13.7 Å². The van der Waals surface area contributed by atoms with Crippen LogP contribution in [0.3, 0.4) is 0 Å². The molecule has 1 aromatic heterocycles. The van der Waals surface area contributed by atoms with Crippen molar-refractivity contribution in [2.45, 2.75) is 44.2 Å². The number of benzene rings is 1. The van der Waals surface area contributed by atoms with Gasteiger partial charge in [-0.2, -0.15) is 0 Å². The van der Waals surface area contributed by atoms with Crippen LogP contribution in [0.25, 0.3) is 0 Å². The zero-order valence-electron chi connectivity index (χ0n) is 20.3. The van der Waals surface area contributed by atoms with Crippen molar-refractivity contribution in [2.24, 2.45) is 28.8 Å². The summed E-state index contributed by atoms with van der Waals surface area (Å²) in [4.78, 5) is 32.6. The smallest absolute Gasteiger partial charge is 0.238 e. The monoisotopic (exact) mass is 534 g/mol. The van der Waals surface area contributed by atoms with E-state index in [4.69, 9.17) is 14.0 Å². The Kier molecular flexibility index (Phi) is 7.57. The zero-order valence-corrected chi connectivity index (χ0v) is 20.3. The molecule has 38 heavy (non-hydrogen) atoms. The summed E-state index contributed by atoms with van der Waals surface area (Å²) in [5, 5.41) is 35.6. The van der Waals surface area contributed by atoms with E-state index in [1.165, 1.54) is 6.26 Å². The van der Waals surface area contributed by atoms with Crippen LogP contribution in [0.15, 0.2) is 46.2 Å². The highest BCUT2D eigenvalue weighted by Crippen LogP contribution is 2.50. The number of anilines is 1. The Balaban J connectivity index is 1.28. The quantitative estimate of drug-likeness (QED) is 0.344. The first-order valence-corrected chi connectivity index (χ1v) is 12.4. The maximum atomic E-state index is 14.5. The molecule has 1 aromatic carbocycles. The Morgan fingerprint density at radius 1 is 1.11 bits per heavy atom. The molecule has 3 fully saturated rings. The van der Waals surface area contributed by atoms with E-state index < -0.39 is 65.4 Å². The molecular weight excluding hydrogens is 506 g/mol. The van der Waals surface area contributed by atoms with E-state index in [-0.39, 0.29) is 38.3 Å². The number of fused-ring (bicyclic) bond motifs is 3. The number of halogens is 2. The maximum Gasteiger partial charge on any atom is 0.238 e. The third-order valence-electron chi connectivity index (χ3n) is 7.51. The molecule has 3 aliphatic rings. The predicted molar refractivity (Wildman–Crippen MR) is 126 cm³/mol. The average Bonchev–Trinajstić information content (AvgIpc) is 3.49. The van der Waals surface area contributed by atoms with Crippen molar-refractivity contribution >= 4 is 23.2 Å². The van der Waals surface area contributed by atoms with Gasteiger partial charge in [0.1, 0.15) is 36.7 Å². The van der Waals surface area contributed by atoms with Gasteiger partial charge in [-0.1, -0.05) is 5.16 Å². The standard InChI is InChI=1S/C26H28F2N2O8/c27-13-3-6-20(18(28)8-13)30-25(34)17-5-4-16-19(9-21(32)24(33)22(16)23(17)26(30)35)29-38-11-14(31)10-36-12-15-2-1-7-37-15/h1-3,6-8,14,16-17,21-24,31-33H,4-5,9-12H2/t14-,16-,17+,21+,22-,23+,24+/m0/s1. The van der Waals surface area contributed by atoms with E-state index >= 15 is 0 Å². The van der Waals surface area contributed by atoms with Gasteiger partial charge in [0.25, 0.3) is 0 Å². The average molecular weight is 535 g/mol. The SMILES string of the molecule is O=C1[C@H]2[C@H]3[C@H](O)[C@H](O)CC(=NOC[C@@H](O)COCc4ccco4)[C@@H]3CC[C@H]2C(=O)N1c1ccc(F)cc1F. The molecule has 7 atom stereocenters. The molecule has 12 heteroatoms. The van der Waals surface area contributed by atoms with Crippen LogP contribution in [0.4, 0.5) is 14.5 Å². The summed E-state index contributed by atoms with van der Waals surface area (Å²) in [7, 11) is 0. The number of carbonyl (C=O) groups is 2. The number of rotatable bonds is 8. The van der Waals surface area contributed by atoms with Crippen LogP contribution in [0.5, 0.6) is 0 Å². The molecule has 3 N–H and O–H groups in total. The van der Waals surface area contributed by atoms with E-state index in [0.717, 1.165) is 12.1 Å². The number of aliphatic hydroxyl groups is 3. The molecule has 0 spiro atoms. The minimum atomic E-state index is -1.32. The van der Waals surface area contributed by atoms with Crippen LogP contribution in [-0.4, -0.2) is 64.4 Å². The van der Waals surface area contributed by atoms with E-state index in [9.17, 15) is 33.7 Å². The van der Waals surface area contributed by atoms with Crippen molar-refractivity contribution in [3.8, 4) is 0 Å². The summed E-state index contributed by atoms with van der Waals surface area (Å²) < 4.78 is 38.4. The fourth-order valence-electron chi connectivity index (χ4n) is 5.82. The van der Waals surface area contributed by atoms with Crippen molar-refractivity contribution in [1.82, 2.24) is 0 Å². The fourth-order valence-corrected chi connectivity index (χ4v) is 5.82. The summed E-state index contributed by atoms with van der Waals surface area (Å²) >= 11 is 0. The number of hydrogen-bond acceptors (Lipinski definition) is 9. The second-order valence-electron chi connectivity index (χ2n) is 9.89. The van der Waals surface area contributed by atoms with Crippen LogP contribution in [-0.2, 0) is 25.8 Å². The number of carbonyl (C=O) groups excluding carboxylic acids is 2. The molecule has 0 unspecified atom stereocenters. The molecule has 10 nitrogen and oxygen atoms in total. The number of ether oxygens (including phenoxy) is 1. The largest absolute Gasteiger partial charge is 0.467 e. The molecule has 1 saturated heterocycles. The number of hydrogen-bond donors (Lipinski definition) is 3. The highest BCUT2D eigenvalue weighted by Gasteiger charge is 2.60. The predicted octanol–water partition coefficient (Wildman–Crippen LogP) is 1.77. The lowest BCUT2D eigenvalue weighted by Crippen LogP contribution is -2.54. The first kappa shape index (κ1) is 26.4. The minimum Gasteiger partial charge on any atom is -0.467 e. The molecule has 2 aromatic rings. The number of aliphatic hydroxyl groups excluding tert-OH is 3. The lowest BCUT2D eigenvalue weighted by molar-refractivity contribution is -0.132. The number of oxime groups is 1. The summed E-state index contributed by atoms with van der Waals surface area (Å²) in [6.07, 6.45) is -1.41. The van der Waals surface area contributed by atoms with Crippen LogP contribution < -0.4 is 4.90 Å². The van der Waals surface area contributed by atoms with Crippen LogP contribution >= 0.6 is 0 Å². The van der Waals surface area contributed by atoms with Gasteiger partial charge in [0.05, 0.1) is 48.3 Å². The summed E-state index contributed by atoms with van der Waals surface area (Å²) in [6.45, 7) is -0.0472. The molecule has 2 saturated carbocycles. The maximum absolute atomic E-state index is 14.5. The van der Waals surface area contributed by atoms with Gasteiger partial charge in [-0.15, -0.1) is 0 Å². The normalized spacial score (nSPS) is 30.9. The van der Waals surface area contributed by atoms with Crippen molar-refractivity contribution in [3.63, 3.8) is 0 Å². The van der Waals surface area contributed by atoms with Crippen molar-refractivity contribution in [3.05, 3.63) is 54.0 Å². The van der Waals surface area contributed by atoms with E-state index in [1.54, 1.807) is 12.1 Å². The molecule has 2 heterocycles. The fraction of sp³-hybridized carbons (Fsp3) is 0.500. The first-order chi connectivity index (χ1) is 18.3. The Morgan fingerprint density at radius 3 is 2.63 bits per heavy atom. The number of amides is 2. The zero-order chi connectivity index (χ0) is 27.0. The summed E-state index contributed by atoms with van der Waals surface area (Å²) in [6, 6.07) is 6.05. The lowest BCUT2D eigenvalue weighted by Gasteiger charge is -2.45.